The van der Waals surface area contributed by atoms with Crippen molar-refractivity contribution in [1.29, 1.82) is 0 Å². The van der Waals surface area contributed by atoms with Crippen LogP contribution < -0.4 is 5.32 Å². The molecule has 0 unspecified atom stereocenters. The number of fused-ring (bicyclic) bond motifs is 3. The molecule has 160 valence electrons. The highest BCUT2D eigenvalue weighted by atomic mass is 16.5. The number of nitrogens with one attached hydrogen (secondary N) is 1. The lowest BCUT2D eigenvalue weighted by atomic mass is 9.84. The van der Waals surface area contributed by atoms with Crippen molar-refractivity contribution >= 4 is 22.8 Å². The third kappa shape index (κ3) is 3.94. The lowest BCUT2D eigenvalue weighted by Crippen LogP contribution is -2.42. The summed E-state index contributed by atoms with van der Waals surface area (Å²) in [4.78, 5) is 29.9. The average Bonchev–Trinajstić information content (AvgIpc) is 3.55. The van der Waals surface area contributed by atoms with Gasteiger partial charge in [0.15, 0.2) is 12.4 Å². The molecule has 2 aliphatic rings. The Bertz CT molecular complexity index is 1110. The molecule has 6 nitrogen and oxygen atoms in total. The van der Waals surface area contributed by atoms with Gasteiger partial charge in [0, 0.05) is 11.4 Å². The second-order valence-electron chi connectivity index (χ2n) is 8.82. The van der Waals surface area contributed by atoms with E-state index < -0.39 is 5.97 Å². The van der Waals surface area contributed by atoms with Crippen LogP contribution in [0.25, 0.3) is 22.4 Å². The summed E-state index contributed by atoms with van der Waals surface area (Å²) >= 11 is 0. The van der Waals surface area contributed by atoms with E-state index in [-0.39, 0.29) is 18.6 Å². The van der Waals surface area contributed by atoms with Crippen LogP contribution >= 0.6 is 0 Å². The number of carbonyl (C=O) groups excluding carboxylic acids is 2. The fourth-order valence-corrected chi connectivity index (χ4v) is 5.41. The molecule has 6 heteroatoms. The Labute approximate surface area is 181 Å². The summed E-state index contributed by atoms with van der Waals surface area (Å²) in [6.07, 6.45) is 6.67. The molecule has 0 saturated heterocycles. The first kappa shape index (κ1) is 19.8. The molecule has 0 spiro atoms. The van der Waals surface area contributed by atoms with Crippen LogP contribution in [0, 0.1) is 17.8 Å². The molecule has 1 N–H and O–H groups in total. The van der Waals surface area contributed by atoms with Gasteiger partial charge in [-0.1, -0.05) is 24.6 Å². The summed E-state index contributed by atoms with van der Waals surface area (Å²) in [5, 5.41) is 3.72. The van der Waals surface area contributed by atoms with Crippen molar-refractivity contribution in [2.24, 2.45) is 17.8 Å². The summed E-state index contributed by atoms with van der Waals surface area (Å²) in [5.74, 6) is 1.86. The molecule has 3 aromatic rings. The zero-order valence-electron chi connectivity index (χ0n) is 17.5. The number of carbonyl (C=O) groups is 2. The van der Waals surface area contributed by atoms with Crippen LogP contribution in [0.15, 0.2) is 53.1 Å². The van der Waals surface area contributed by atoms with Gasteiger partial charge in [-0.15, -0.1) is 0 Å². The fourth-order valence-electron chi connectivity index (χ4n) is 5.41. The highest BCUT2D eigenvalue weighted by molar-refractivity contribution is 6.05. The Kier molecular flexibility index (Phi) is 5.22. The van der Waals surface area contributed by atoms with E-state index in [4.69, 9.17) is 9.15 Å². The Morgan fingerprint density at radius 1 is 1.19 bits per heavy atom. The predicted molar refractivity (Wildman–Crippen MR) is 116 cm³/mol. The molecule has 2 heterocycles. The molecule has 2 aromatic heterocycles. The van der Waals surface area contributed by atoms with Gasteiger partial charge in [-0.2, -0.15) is 0 Å². The van der Waals surface area contributed by atoms with Gasteiger partial charge in [0.2, 0.25) is 0 Å². The number of hydrogen-bond acceptors (Lipinski definition) is 5. The Hall–Kier alpha value is -3.15. The maximum atomic E-state index is 12.9. The summed E-state index contributed by atoms with van der Waals surface area (Å²) in [7, 11) is 0. The van der Waals surface area contributed by atoms with Crippen LogP contribution in [0.1, 0.15) is 43.0 Å². The molecule has 31 heavy (non-hydrogen) atoms. The van der Waals surface area contributed by atoms with Crippen LogP contribution in [0.3, 0.4) is 0 Å². The number of nitrogens with zero attached hydrogens (tertiary/aromatic N) is 1. The number of amides is 1. The van der Waals surface area contributed by atoms with Gasteiger partial charge < -0.3 is 14.5 Å². The largest absolute Gasteiger partial charge is 0.463 e. The smallest absolute Gasteiger partial charge is 0.339 e. The number of para-hydroxylation sites is 1. The lowest BCUT2D eigenvalue weighted by molar-refractivity contribution is -0.125. The van der Waals surface area contributed by atoms with Crippen LogP contribution in [-0.2, 0) is 9.53 Å². The lowest BCUT2D eigenvalue weighted by Gasteiger charge is -2.28. The molecule has 2 aliphatic carbocycles. The van der Waals surface area contributed by atoms with Crippen molar-refractivity contribution in [1.82, 2.24) is 10.3 Å². The van der Waals surface area contributed by atoms with E-state index in [1.165, 1.54) is 25.7 Å². The third-order valence-electron chi connectivity index (χ3n) is 6.87. The number of hydrogen-bond donors (Lipinski definition) is 1. The number of pyridine rings is 1. The molecule has 0 aliphatic heterocycles. The first-order valence-corrected chi connectivity index (χ1v) is 11.0. The number of rotatable bonds is 6. The van der Waals surface area contributed by atoms with Gasteiger partial charge >= 0.3 is 5.97 Å². The topological polar surface area (TPSA) is 81.4 Å². The molecular weight excluding hydrogens is 392 g/mol. The standard InChI is InChI=1S/C25H26N2O4/c1-15(19-12-16-8-9-17(19)11-16)26-24(28)14-31-25(29)20-13-22(23-7-4-10-30-23)27-21-6-3-2-5-18(20)21/h2-7,10,13,15-17,19H,8-9,11-12,14H2,1H3,(H,26,28)/t15-,16+,17+,19-/m0/s1. The molecule has 5 rings (SSSR count). The zero-order valence-corrected chi connectivity index (χ0v) is 17.5. The summed E-state index contributed by atoms with van der Waals surface area (Å²) in [6, 6.07) is 12.7. The zero-order chi connectivity index (χ0) is 21.4. The van der Waals surface area contributed by atoms with Crippen molar-refractivity contribution in [3.63, 3.8) is 0 Å². The Morgan fingerprint density at radius 2 is 2.06 bits per heavy atom. The van der Waals surface area contributed by atoms with E-state index in [0.717, 1.165) is 11.8 Å². The molecule has 2 saturated carbocycles. The maximum Gasteiger partial charge on any atom is 0.339 e. The highest BCUT2D eigenvalue weighted by Gasteiger charge is 2.42. The van der Waals surface area contributed by atoms with Crippen LogP contribution in [0.2, 0.25) is 0 Å². The van der Waals surface area contributed by atoms with Gasteiger partial charge in [-0.25, -0.2) is 9.78 Å². The SMILES string of the molecule is C[C@H](NC(=O)COC(=O)c1cc(-c2ccco2)nc2ccccc12)[C@@H]1C[C@@H]2CC[C@@H]1C2. The van der Waals surface area contributed by atoms with Gasteiger partial charge in [0.05, 0.1) is 17.3 Å². The number of furan rings is 1. The first-order valence-electron chi connectivity index (χ1n) is 11.0. The maximum absolute atomic E-state index is 12.9. The summed E-state index contributed by atoms with van der Waals surface area (Å²) in [5.41, 5.74) is 1.58. The van der Waals surface area contributed by atoms with Gasteiger partial charge in [-0.05, 0) is 68.2 Å². The number of aromatic nitrogens is 1. The van der Waals surface area contributed by atoms with Gasteiger partial charge in [-0.3, -0.25) is 4.79 Å². The third-order valence-corrected chi connectivity index (χ3v) is 6.87. The highest BCUT2D eigenvalue weighted by Crippen LogP contribution is 2.49. The molecule has 2 bridgehead atoms. The van der Waals surface area contributed by atoms with Crippen LogP contribution in [-0.4, -0.2) is 29.5 Å². The quantitative estimate of drug-likeness (QED) is 0.592. The normalized spacial score (nSPS) is 23.1. The van der Waals surface area contributed by atoms with Crippen LogP contribution in [0.4, 0.5) is 0 Å². The number of esters is 1. The molecule has 1 aromatic carbocycles. The van der Waals surface area contributed by atoms with E-state index in [2.05, 4.69) is 17.2 Å². The number of benzene rings is 1. The minimum Gasteiger partial charge on any atom is -0.463 e. The van der Waals surface area contributed by atoms with Crippen molar-refractivity contribution in [3.8, 4) is 11.5 Å². The molecule has 4 atom stereocenters. The van der Waals surface area contributed by atoms with E-state index >= 15 is 0 Å². The van der Waals surface area contributed by atoms with E-state index in [0.29, 0.717) is 33.8 Å². The fraction of sp³-hybridized carbons (Fsp3) is 0.400. The molecular formula is C25H26N2O4. The van der Waals surface area contributed by atoms with E-state index in [1.54, 1.807) is 24.5 Å². The molecule has 2 fully saturated rings. The molecule has 1 amide bonds. The summed E-state index contributed by atoms with van der Waals surface area (Å²) < 4.78 is 10.8. The van der Waals surface area contributed by atoms with Crippen molar-refractivity contribution in [2.75, 3.05) is 6.61 Å². The Balaban J connectivity index is 1.27. The summed E-state index contributed by atoms with van der Waals surface area (Å²) in [6.45, 7) is 1.77. The minimum atomic E-state index is -0.547. The predicted octanol–water partition coefficient (Wildman–Crippen LogP) is 4.59. The minimum absolute atomic E-state index is 0.105. The van der Waals surface area contributed by atoms with Gasteiger partial charge in [0.25, 0.3) is 5.91 Å². The monoisotopic (exact) mass is 418 g/mol. The second-order valence-corrected chi connectivity index (χ2v) is 8.82. The van der Waals surface area contributed by atoms with Gasteiger partial charge in [0.1, 0.15) is 5.69 Å². The number of ether oxygens (including phenoxy) is 1. The van der Waals surface area contributed by atoms with E-state index in [9.17, 15) is 9.59 Å². The van der Waals surface area contributed by atoms with Crippen molar-refractivity contribution in [3.05, 3.63) is 54.3 Å². The van der Waals surface area contributed by atoms with Crippen molar-refractivity contribution < 1.29 is 18.7 Å². The van der Waals surface area contributed by atoms with E-state index in [1.807, 2.05) is 24.3 Å². The Morgan fingerprint density at radius 3 is 2.81 bits per heavy atom. The second kappa shape index (κ2) is 8.17. The average molecular weight is 418 g/mol. The van der Waals surface area contributed by atoms with Crippen LogP contribution in [0.5, 0.6) is 0 Å². The van der Waals surface area contributed by atoms with Crippen molar-refractivity contribution in [2.45, 2.75) is 38.6 Å². The first-order chi connectivity index (χ1) is 15.1. The molecule has 0 radical (unpaired) electrons.